The maximum absolute atomic E-state index is 10.8. The number of rotatable bonds is 3. The predicted octanol–water partition coefficient (Wildman–Crippen LogP) is 1.77. The van der Waals surface area contributed by atoms with Crippen molar-refractivity contribution in [2.75, 3.05) is 6.61 Å². The van der Waals surface area contributed by atoms with E-state index in [0.29, 0.717) is 13.0 Å². The van der Waals surface area contributed by atoms with Gasteiger partial charge in [0.1, 0.15) is 18.5 Å². The van der Waals surface area contributed by atoms with Gasteiger partial charge in [-0.15, -0.1) is 0 Å². The fraction of sp³-hybridized carbons (Fsp3) is 0.364. The lowest BCUT2D eigenvalue weighted by Crippen LogP contribution is -2.17. The highest BCUT2D eigenvalue weighted by Gasteiger charge is 2.23. The van der Waals surface area contributed by atoms with Gasteiger partial charge in [0.25, 0.3) is 0 Å². The van der Waals surface area contributed by atoms with E-state index in [1.54, 1.807) is 0 Å². The molecule has 1 aliphatic heterocycles. The molecule has 3 heteroatoms. The van der Waals surface area contributed by atoms with Crippen LogP contribution >= 0.6 is 0 Å². The first-order chi connectivity index (χ1) is 6.84. The Kier molecular flexibility index (Phi) is 2.68. The minimum absolute atomic E-state index is 0.0669. The third-order valence-electron chi connectivity index (χ3n) is 2.15. The third kappa shape index (κ3) is 2.25. The zero-order valence-electron chi connectivity index (χ0n) is 7.81. The van der Waals surface area contributed by atoms with Gasteiger partial charge in [0, 0.05) is 6.42 Å². The van der Waals surface area contributed by atoms with Crippen LogP contribution in [-0.4, -0.2) is 18.7 Å². The van der Waals surface area contributed by atoms with Crippen molar-refractivity contribution in [3.05, 3.63) is 30.3 Å². The summed E-state index contributed by atoms with van der Waals surface area (Å²) in [6.45, 7) is 0.454. The van der Waals surface area contributed by atoms with Gasteiger partial charge in [-0.2, -0.15) is 0 Å². The molecule has 1 atom stereocenters. The molecule has 1 fully saturated rings. The van der Waals surface area contributed by atoms with Gasteiger partial charge in [0.2, 0.25) is 0 Å². The van der Waals surface area contributed by atoms with Crippen LogP contribution in [0.4, 0.5) is 0 Å². The maximum Gasteiger partial charge on any atom is 0.306 e. The van der Waals surface area contributed by atoms with Crippen LogP contribution in [0.2, 0.25) is 0 Å². The second-order valence-electron chi connectivity index (χ2n) is 3.27. The Hall–Kier alpha value is -1.51. The van der Waals surface area contributed by atoms with Crippen molar-refractivity contribution in [2.45, 2.75) is 18.9 Å². The molecule has 0 spiro atoms. The van der Waals surface area contributed by atoms with Crippen LogP contribution in [0.5, 0.6) is 5.75 Å². The van der Waals surface area contributed by atoms with Crippen molar-refractivity contribution < 1.29 is 14.3 Å². The molecule has 0 N–H and O–H groups in total. The molecule has 1 saturated heterocycles. The Morgan fingerprint density at radius 2 is 2.14 bits per heavy atom. The van der Waals surface area contributed by atoms with Crippen LogP contribution in [0.3, 0.4) is 0 Å². The first-order valence-corrected chi connectivity index (χ1v) is 4.72. The molecule has 0 aliphatic carbocycles. The van der Waals surface area contributed by atoms with Gasteiger partial charge in [0.15, 0.2) is 0 Å². The van der Waals surface area contributed by atoms with E-state index in [-0.39, 0.29) is 12.1 Å². The molecule has 74 valence electrons. The topological polar surface area (TPSA) is 35.5 Å². The van der Waals surface area contributed by atoms with E-state index in [4.69, 9.17) is 9.47 Å². The van der Waals surface area contributed by atoms with Gasteiger partial charge in [0.05, 0.1) is 0 Å². The van der Waals surface area contributed by atoms with E-state index in [9.17, 15) is 4.79 Å². The molecule has 0 amide bonds. The molecule has 1 aliphatic rings. The number of para-hydroxylation sites is 1. The monoisotopic (exact) mass is 192 g/mol. The van der Waals surface area contributed by atoms with Gasteiger partial charge in [-0.3, -0.25) is 4.79 Å². The van der Waals surface area contributed by atoms with Gasteiger partial charge < -0.3 is 9.47 Å². The van der Waals surface area contributed by atoms with E-state index >= 15 is 0 Å². The molecular formula is C11H12O3. The van der Waals surface area contributed by atoms with Gasteiger partial charge in [-0.25, -0.2) is 0 Å². The fourth-order valence-corrected chi connectivity index (χ4v) is 1.41. The Labute approximate surface area is 82.6 Å². The standard InChI is InChI=1S/C11H12O3/c12-11-7-6-10(14-11)8-13-9-4-2-1-3-5-9/h1-5,10H,6-8H2. The Bertz CT molecular complexity index is 308. The number of hydrogen-bond donors (Lipinski definition) is 0. The lowest BCUT2D eigenvalue weighted by Gasteiger charge is -2.10. The van der Waals surface area contributed by atoms with Gasteiger partial charge >= 0.3 is 5.97 Å². The highest BCUT2D eigenvalue weighted by atomic mass is 16.6. The summed E-state index contributed by atoms with van der Waals surface area (Å²) in [7, 11) is 0. The number of carbonyl (C=O) groups excluding carboxylic acids is 1. The van der Waals surface area contributed by atoms with Crippen LogP contribution in [0.15, 0.2) is 30.3 Å². The molecule has 2 rings (SSSR count). The van der Waals surface area contributed by atoms with E-state index < -0.39 is 0 Å². The summed E-state index contributed by atoms with van der Waals surface area (Å²) < 4.78 is 10.5. The van der Waals surface area contributed by atoms with Gasteiger partial charge in [-0.05, 0) is 18.6 Å². The van der Waals surface area contributed by atoms with Crippen LogP contribution < -0.4 is 4.74 Å². The summed E-state index contributed by atoms with van der Waals surface area (Å²) >= 11 is 0. The normalized spacial score (nSPS) is 20.6. The summed E-state index contributed by atoms with van der Waals surface area (Å²) in [5.74, 6) is 0.696. The molecule has 1 heterocycles. The van der Waals surface area contributed by atoms with Crippen LogP contribution in [0.25, 0.3) is 0 Å². The van der Waals surface area contributed by atoms with Crippen LogP contribution in [-0.2, 0) is 9.53 Å². The summed E-state index contributed by atoms with van der Waals surface area (Å²) in [4.78, 5) is 10.8. The van der Waals surface area contributed by atoms with Crippen molar-refractivity contribution in [3.63, 3.8) is 0 Å². The molecule has 0 aromatic heterocycles. The number of hydrogen-bond acceptors (Lipinski definition) is 3. The van der Waals surface area contributed by atoms with Crippen molar-refractivity contribution in [3.8, 4) is 5.75 Å². The first-order valence-electron chi connectivity index (χ1n) is 4.72. The fourth-order valence-electron chi connectivity index (χ4n) is 1.41. The third-order valence-corrected chi connectivity index (χ3v) is 2.15. The van der Waals surface area contributed by atoms with E-state index in [1.807, 2.05) is 30.3 Å². The SMILES string of the molecule is O=C1CCC(COc2ccccc2)O1. The Balaban J connectivity index is 1.80. The van der Waals surface area contributed by atoms with Crippen molar-refractivity contribution in [1.82, 2.24) is 0 Å². The minimum atomic E-state index is -0.119. The summed E-state index contributed by atoms with van der Waals surface area (Å²) in [6, 6.07) is 9.53. The Morgan fingerprint density at radius 1 is 1.36 bits per heavy atom. The molecule has 1 unspecified atom stereocenters. The quantitative estimate of drug-likeness (QED) is 0.685. The molecule has 3 nitrogen and oxygen atoms in total. The second-order valence-corrected chi connectivity index (χ2v) is 3.27. The molecule has 0 bridgehead atoms. The second kappa shape index (κ2) is 4.13. The smallest absolute Gasteiger partial charge is 0.306 e. The number of benzene rings is 1. The summed E-state index contributed by atoms with van der Waals surface area (Å²) in [5, 5.41) is 0. The Morgan fingerprint density at radius 3 is 2.79 bits per heavy atom. The number of carbonyl (C=O) groups is 1. The minimum Gasteiger partial charge on any atom is -0.490 e. The number of esters is 1. The number of cyclic esters (lactones) is 1. The van der Waals surface area contributed by atoms with Crippen molar-refractivity contribution in [1.29, 1.82) is 0 Å². The zero-order valence-corrected chi connectivity index (χ0v) is 7.81. The highest BCUT2D eigenvalue weighted by Crippen LogP contribution is 2.16. The van der Waals surface area contributed by atoms with Crippen molar-refractivity contribution >= 4 is 5.97 Å². The average molecular weight is 192 g/mol. The van der Waals surface area contributed by atoms with E-state index in [0.717, 1.165) is 12.2 Å². The van der Waals surface area contributed by atoms with Crippen molar-refractivity contribution in [2.24, 2.45) is 0 Å². The predicted molar refractivity (Wildman–Crippen MR) is 51.1 cm³/mol. The molecule has 1 aromatic rings. The summed E-state index contributed by atoms with van der Waals surface area (Å²) in [6.07, 6.45) is 1.22. The molecular weight excluding hydrogens is 180 g/mol. The molecule has 14 heavy (non-hydrogen) atoms. The number of ether oxygens (including phenoxy) is 2. The summed E-state index contributed by atoms with van der Waals surface area (Å²) in [5.41, 5.74) is 0. The van der Waals surface area contributed by atoms with Crippen LogP contribution in [0, 0.1) is 0 Å². The van der Waals surface area contributed by atoms with E-state index in [1.165, 1.54) is 0 Å². The molecule has 1 aromatic carbocycles. The average Bonchev–Trinajstić information content (AvgIpc) is 2.63. The van der Waals surface area contributed by atoms with Gasteiger partial charge in [-0.1, -0.05) is 18.2 Å². The maximum atomic E-state index is 10.8. The first kappa shape index (κ1) is 9.06. The lowest BCUT2D eigenvalue weighted by molar-refractivity contribution is -0.142. The highest BCUT2D eigenvalue weighted by molar-refractivity contribution is 5.71. The zero-order chi connectivity index (χ0) is 9.80. The molecule has 0 radical (unpaired) electrons. The largest absolute Gasteiger partial charge is 0.490 e. The van der Waals surface area contributed by atoms with E-state index in [2.05, 4.69) is 0 Å². The molecule has 0 saturated carbocycles. The van der Waals surface area contributed by atoms with Crippen LogP contribution in [0.1, 0.15) is 12.8 Å². The lowest BCUT2D eigenvalue weighted by atomic mass is 10.2.